The van der Waals surface area contributed by atoms with E-state index >= 15 is 0 Å². The van der Waals surface area contributed by atoms with Crippen molar-refractivity contribution in [2.45, 2.75) is 16.7 Å². The van der Waals surface area contributed by atoms with Gasteiger partial charge in [-0.15, -0.1) is 0 Å². The summed E-state index contributed by atoms with van der Waals surface area (Å²) >= 11 is 1.97. The monoisotopic (exact) mass is 384 g/mol. The maximum atomic E-state index is 11.4. The molecule has 106 valence electrons. The summed E-state index contributed by atoms with van der Waals surface area (Å²) < 4.78 is 19.4. The van der Waals surface area contributed by atoms with Crippen molar-refractivity contribution in [1.29, 1.82) is 0 Å². The normalized spacial score (nSPS) is 19.5. The van der Waals surface area contributed by atoms with E-state index in [2.05, 4.69) is 0 Å². The van der Waals surface area contributed by atoms with Crippen LogP contribution in [0.5, 0.6) is 0 Å². The molecule has 0 amide bonds. The third-order valence-electron chi connectivity index (χ3n) is 1.60. The Hall–Kier alpha value is 0.189. The van der Waals surface area contributed by atoms with E-state index in [4.69, 9.17) is 21.7 Å². The number of nitrogens with two attached hydrogens (primary N) is 2. The first-order chi connectivity index (χ1) is 8.07. The van der Waals surface area contributed by atoms with E-state index in [9.17, 15) is 18.4 Å². The van der Waals surface area contributed by atoms with Crippen molar-refractivity contribution in [3.05, 3.63) is 0 Å². The van der Waals surface area contributed by atoms with E-state index in [0.29, 0.717) is 0 Å². The molecule has 18 heavy (non-hydrogen) atoms. The molecule has 0 aliphatic rings. The fourth-order valence-electron chi connectivity index (χ4n) is 0.662. The Kier molecular flexibility index (Phi) is 7.78. The number of carbonyl (C=O) groups is 2. The van der Waals surface area contributed by atoms with E-state index < -0.39 is 36.7 Å². The van der Waals surface area contributed by atoms with Gasteiger partial charge in [0.2, 0.25) is 0 Å². The molecule has 0 heterocycles. The van der Waals surface area contributed by atoms with Crippen molar-refractivity contribution in [3.8, 4) is 0 Å². The van der Waals surface area contributed by atoms with Crippen LogP contribution in [0.2, 0.25) is 0 Å². The molecule has 7 N–H and O–H groups in total. The van der Waals surface area contributed by atoms with Gasteiger partial charge >= 0.3 is 118 Å². The van der Waals surface area contributed by atoms with Crippen LogP contribution in [0.25, 0.3) is 0 Å². The Morgan fingerprint density at radius 1 is 1.28 bits per heavy atom. The zero-order valence-electron chi connectivity index (χ0n) is 8.79. The van der Waals surface area contributed by atoms with Gasteiger partial charge < -0.3 is 0 Å². The molecule has 12 heteroatoms. The van der Waals surface area contributed by atoms with Crippen molar-refractivity contribution in [3.63, 3.8) is 0 Å². The van der Waals surface area contributed by atoms with Crippen molar-refractivity contribution in [2.24, 2.45) is 11.5 Å². The molecule has 0 aromatic rings. The van der Waals surface area contributed by atoms with Crippen molar-refractivity contribution >= 4 is 56.0 Å². The molecule has 0 rings (SSSR count). The first-order valence-corrected chi connectivity index (χ1v) is 10.3. The number of hydrogen-bond acceptors (Lipinski definition) is 7. The van der Waals surface area contributed by atoms with Crippen LogP contribution in [0, 0.1) is 0 Å². The van der Waals surface area contributed by atoms with Gasteiger partial charge in [0.1, 0.15) is 0 Å². The minimum absolute atomic E-state index is 0.0433. The number of hydrogen-bond donors (Lipinski definition) is 5. The molecule has 0 saturated carbocycles. The average molecular weight is 383 g/mol. The van der Waals surface area contributed by atoms with Gasteiger partial charge in [-0.3, -0.25) is 0 Å². The van der Waals surface area contributed by atoms with Gasteiger partial charge in [-0.25, -0.2) is 0 Å². The average Bonchev–Trinajstić information content (AvgIpc) is 2.20. The van der Waals surface area contributed by atoms with E-state index in [0.717, 1.165) is 21.6 Å². The van der Waals surface area contributed by atoms with Gasteiger partial charge in [-0.05, 0) is 0 Å². The molecule has 4 atom stereocenters. The summed E-state index contributed by atoms with van der Waals surface area (Å²) in [4.78, 5) is 21.1. The van der Waals surface area contributed by atoms with Crippen LogP contribution < -0.4 is 11.5 Å². The summed E-state index contributed by atoms with van der Waals surface area (Å²) in [6, 6.07) is -2.69. The topological polar surface area (TPSA) is 164 Å². The number of aliphatic carboxylic acids is 2. The molecule has 0 spiro atoms. The van der Waals surface area contributed by atoms with Crippen LogP contribution in [-0.2, 0) is 17.7 Å². The van der Waals surface area contributed by atoms with Crippen molar-refractivity contribution in [1.82, 2.24) is 0 Å². The first kappa shape index (κ1) is 18.2. The summed E-state index contributed by atoms with van der Waals surface area (Å²) in [5.74, 6) is -2.68. The minimum atomic E-state index is -3.55. The molecule has 0 aliphatic carbocycles. The summed E-state index contributed by atoms with van der Waals surface area (Å²) in [6.07, 6.45) is 0. The number of carboxylic acid groups (broad SMARTS) is 2. The molecular formula is C6H12N2O6S3Se. The van der Waals surface area contributed by atoms with Gasteiger partial charge in [-0.2, -0.15) is 0 Å². The Bertz CT molecular complexity index is 416. The third-order valence-corrected chi connectivity index (χ3v) is 8.60. The van der Waals surface area contributed by atoms with Crippen LogP contribution in [0.3, 0.4) is 0 Å². The second kappa shape index (κ2) is 7.70. The zero-order valence-corrected chi connectivity index (χ0v) is 13.0. The van der Waals surface area contributed by atoms with Crippen LogP contribution >= 0.6 is 21.6 Å². The standard InChI is InChI=1S/C6H12N2O6S3Se/c7-2(4(9)10)1-15-16-6(17(13,14)18)3(8)5(11)12/h2-3,6H,1,7-8H2,(H,9,10)(H,11,12)(H,13,14,18)/t2-,3+,6?/m0/s1. The van der Waals surface area contributed by atoms with Crippen LogP contribution in [-0.4, -0.2) is 67.7 Å². The van der Waals surface area contributed by atoms with Gasteiger partial charge in [0.05, 0.1) is 0 Å². The third kappa shape index (κ3) is 6.38. The van der Waals surface area contributed by atoms with Crippen LogP contribution in [0.1, 0.15) is 0 Å². The molecule has 0 saturated heterocycles. The van der Waals surface area contributed by atoms with Gasteiger partial charge in [0, 0.05) is 0 Å². The Morgan fingerprint density at radius 2 is 1.78 bits per heavy atom. The van der Waals surface area contributed by atoms with E-state index in [1.165, 1.54) is 0 Å². The zero-order chi connectivity index (χ0) is 14.5. The quantitative estimate of drug-likeness (QED) is 0.242. The van der Waals surface area contributed by atoms with E-state index in [1.807, 2.05) is 14.4 Å². The maximum absolute atomic E-state index is 11.4. The van der Waals surface area contributed by atoms with Crippen molar-refractivity contribution < 1.29 is 28.6 Å². The number of carboxylic acids is 2. The second-order valence-corrected chi connectivity index (χ2v) is 10.5. The molecule has 0 aliphatic heterocycles. The van der Waals surface area contributed by atoms with Crippen molar-refractivity contribution in [2.75, 3.05) is 5.75 Å². The molecule has 8 nitrogen and oxygen atoms in total. The molecule has 0 fully saturated rings. The Morgan fingerprint density at radius 3 is 2.11 bits per heavy atom. The van der Waals surface area contributed by atoms with E-state index in [1.54, 1.807) is 0 Å². The summed E-state index contributed by atoms with van der Waals surface area (Å²) in [5, 5.41) is 17.2. The summed E-state index contributed by atoms with van der Waals surface area (Å²) in [7, 11) is -1.95. The Balaban J connectivity index is 4.55. The van der Waals surface area contributed by atoms with Crippen LogP contribution in [0.15, 0.2) is 0 Å². The molecular weight excluding hydrogens is 371 g/mol. The number of rotatable bonds is 8. The Labute approximate surface area is 118 Å². The van der Waals surface area contributed by atoms with Gasteiger partial charge in [0.15, 0.2) is 0 Å². The molecule has 0 bridgehead atoms. The SMILES string of the molecule is N[C@H](C(=O)O)C(SSC[C@H](N)C(=O)O)S(=O)(O)=[Se]. The summed E-state index contributed by atoms with van der Waals surface area (Å²) in [6.45, 7) is 0. The fourth-order valence-corrected chi connectivity index (χ4v) is 7.69. The van der Waals surface area contributed by atoms with Crippen LogP contribution in [0.4, 0.5) is 0 Å². The predicted octanol–water partition coefficient (Wildman–Crippen LogP) is -1.64. The second-order valence-electron chi connectivity index (χ2n) is 3.07. The molecule has 0 radical (unpaired) electrons. The summed E-state index contributed by atoms with van der Waals surface area (Å²) in [5.41, 5.74) is 10.5. The van der Waals surface area contributed by atoms with Gasteiger partial charge in [0.25, 0.3) is 0 Å². The predicted molar refractivity (Wildman–Crippen MR) is 71.6 cm³/mol. The first-order valence-electron chi connectivity index (χ1n) is 4.28. The molecule has 0 aromatic carbocycles. The van der Waals surface area contributed by atoms with Gasteiger partial charge in [-0.1, -0.05) is 0 Å². The fraction of sp³-hybridized carbons (Fsp3) is 0.667. The molecule has 2 unspecified atom stereocenters. The van der Waals surface area contributed by atoms with E-state index in [-0.39, 0.29) is 5.75 Å². The molecule has 0 aromatic heterocycles.